The van der Waals surface area contributed by atoms with Gasteiger partial charge in [0, 0.05) is 36.6 Å². The summed E-state index contributed by atoms with van der Waals surface area (Å²) in [5.74, 6) is -0.991. The maximum absolute atomic E-state index is 13.7. The summed E-state index contributed by atoms with van der Waals surface area (Å²) in [5, 5.41) is 17.6. The fraction of sp³-hybridized carbons (Fsp3) is 0.323. The average molecular weight is 632 g/mol. The van der Waals surface area contributed by atoms with Crippen LogP contribution in [0.15, 0.2) is 66.7 Å². The number of carbonyl (C=O) groups is 3. The van der Waals surface area contributed by atoms with Gasteiger partial charge in [-0.3, -0.25) is 4.79 Å². The van der Waals surface area contributed by atoms with Crippen molar-refractivity contribution in [1.29, 1.82) is 0 Å². The molecule has 3 atom stereocenters. The number of urea groups is 2. The number of ether oxygens (including phenoxy) is 1. The molecule has 0 bridgehead atoms. The summed E-state index contributed by atoms with van der Waals surface area (Å²) < 4.78 is 58.0. The van der Waals surface area contributed by atoms with E-state index < -0.39 is 47.7 Å². The van der Waals surface area contributed by atoms with Gasteiger partial charge in [-0.25, -0.2) is 14.0 Å². The predicted molar refractivity (Wildman–Crippen MR) is 160 cm³/mol. The van der Waals surface area contributed by atoms with Crippen LogP contribution in [0.3, 0.4) is 0 Å². The number of aliphatic hydroxyl groups excluding tert-OH is 1. The number of nitrogens with one attached hydrogen (secondary N) is 3. The van der Waals surface area contributed by atoms with Crippen molar-refractivity contribution in [2.75, 3.05) is 42.7 Å². The second-order valence-corrected chi connectivity index (χ2v) is 10.8. The molecule has 0 spiro atoms. The molecule has 0 fully saturated rings. The molecule has 4 rings (SSSR count). The monoisotopic (exact) mass is 631 g/mol. The van der Waals surface area contributed by atoms with Crippen LogP contribution in [0.2, 0.25) is 0 Å². The molecule has 4 N–H and O–H groups in total. The van der Waals surface area contributed by atoms with Gasteiger partial charge in [-0.05, 0) is 73.7 Å². The molecule has 5 amide bonds. The molecule has 0 saturated carbocycles. The van der Waals surface area contributed by atoms with Gasteiger partial charge >= 0.3 is 18.2 Å². The number of amides is 5. The van der Waals surface area contributed by atoms with Crippen LogP contribution in [0.1, 0.15) is 29.8 Å². The van der Waals surface area contributed by atoms with E-state index in [1.807, 2.05) is 6.92 Å². The summed E-state index contributed by atoms with van der Waals surface area (Å²) in [6.07, 6.45) is -5.11. The number of carbonyl (C=O) groups excluding carboxylic acids is 3. The third-order valence-corrected chi connectivity index (χ3v) is 7.29. The molecular weight excluding hydrogens is 598 g/mol. The van der Waals surface area contributed by atoms with Crippen molar-refractivity contribution in [2.24, 2.45) is 5.92 Å². The molecular formula is C31H33F4N5O5. The van der Waals surface area contributed by atoms with Crippen LogP contribution in [0, 0.1) is 11.7 Å². The highest BCUT2D eigenvalue weighted by atomic mass is 19.4. The van der Waals surface area contributed by atoms with Crippen LogP contribution in [0.4, 0.5) is 44.2 Å². The summed E-state index contributed by atoms with van der Waals surface area (Å²) in [4.78, 5) is 42.0. The van der Waals surface area contributed by atoms with E-state index in [1.54, 1.807) is 14.0 Å². The third kappa shape index (κ3) is 8.41. The van der Waals surface area contributed by atoms with Crippen molar-refractivity contribution in [3.05, 3.63) is 83.7 Å². The summed E-state index contributed by atoms with van der Waals surface area (Å²) >= 11 is 0. The standard InChI is InChI=1S/C31H33F4N5O5/c1-18-15-40(19(2)17-41)28(42)25-14-24(37-29(43)36-22-8-4-20(5-9-22)31(33,34)35)12-13-26(25)45-27(18)16-39(3)30(44)38-23-10-6-21(32)7-11-23/h4-14,18-19,27,41H,15-17H2,1-3H3,(H,38,44)(H2,36,37,43)/t18-,19+,27+/m1/s1. The Morgan fingerprint density at radius 2 is 1.58 bits per heavy atom. The molecule has 1 aliphatic rings. The summed E-state index contributed by atoms with van der Waals surface area (Å²) in [5.41, 5.74) is -0.0343. The van der Waals surface area contributed by atoms with Crippen molar-refractivity contribution in [2.45, 2.75) is 32.2 Å². The minimum Gasteiger partial charge on any atom is -0.487 e. The van der Waals surface area contributed by atoms with Gasteiger partial charge in [0.2, 0.25) is 0 Å². The molecule has 45 heavy (non-hydrogen) atoms. The molecule has 3 aromatic carbocycles. The van der Waals surface area contributed by atoms with E-state index in [2.05, 4.69) is 16.0 Å². The SMILES string of the molecule is C[C@@H]1CN([C@@H](C)CO)C(=O)c2cc(NC(=O)Nc3ccc(C(F)(F)F)cc3)ccc2O[C@H]1CN(C)C(=O)Nc1ccc(F)cc1. The van der Waals surface area contributed by atoms with Crippen LogP contribution in [-0.2, 0) is 6.18 Å². The van der Waals surface area contributed by atoms with E-state index in [9.17, 15) is 37.1 Å². The Labute approximate surface area is 257 Å². The maximum Gasteiger partial charge on any atom is 0.416 e. The van der Waals surface area contributed by atoms with Gasteiger partial charge in [0.05, 0.1) is 30.3 Å². The quantitative estimate of drug-likeness (QED) is 0.243. The Morgan fingerprint density at radius 1 is 1.00 bits per heavy atom. The molecule has 3 aromatic rings. The number of benzene rings is 3. The number of hydrogen-bond donors (Lipinski definition) is 4. The summed E-state index contributed by atoms with van der Waals surface area (Å²) in [6, 6.07) is 11.8. The van der Waals surface area contributed by atoms with Crippen molar-refractivity contribution in [3.63, 3.8) is 0 Å². The zero-order valence-corrected chi connectivity index (χ0v) is 24.7. The van der Waals surface area contributed by atoms with Crippen LogP contribution in [0.25, 0.3) is 0 Å². The lowest BCUT2D eigenvalue weighted by Gasteiger charge is -2.38. The molecule has 10 nitrogen and oxygen atoms in total. The van der Waals surface area contributed by atoms with Crippen LogP contribution >= 0.6 is 0 Å². The highest BCUT2D eigenvalue weighted by Gasteiger charge is 2.34. The van der Waals surface area contributed by atoms with Gasteiger partial charge in [-0.15, -0.1) is 0 Å². The summed E-state index contributed by atoms with van der Waals surface area (Å²) in [6.45, 7) is 3.52. The van der Waals surface area contributed by atoms with Gasteiger partial charge in [-0.2, -0.15) is 13.2 Å². The Hall–Kier alpha value is -4.85. The van der Waals surface area contributed by atoms with Crippen molar-refractivity contribution in [1.82, 2.24) is 9.80 Å². The van der Waals surface area contributed by atoms with Gasteiger partial charge in [0.1, 0.15) is 17.7 Å². The number of rotatable bonds is 7. The highest BCUT2D eigenvalue weighted by Crippen LogP contribution is 2.32. The number of hydrogen-bond acceptors (Lipinski definition) is 5. The van der Waals surface area contributed by atoms with Crippen molar-refractivity contribution >= 4 is 35.0 Å². The van der Waals surface area contributed by atoms with E-state index in [4.69, 9.17) is 4.74 Å². The Kier molecular flexibility index (Phi) is 10.2. The number of halogens is 4. The van der Waals surface area contributed by atoms with Crippen LogP contribution in [0.5, 0.6) is 5.75 Å². The third-order valence-electron chi connectivity index (χ3n) is 7.29. The van der Waals surface area contributed by atoms with E-state index >= 15 is 0 Å². The second kappa shape index (κ2) is 13.8. The Morgan fingerprint density at radius 3 is 2.20 bits per heavy atom. The Balaban J connectivity index is 1.52. The first kappa shape index (κ1) is 33.1. The van der Waals surface area contributed by atoms with Gasteiger partial charge in [0.15, 0.2) is 0 Å². The minimum absolute atomic E-state index is 0.0953. The largest absolute Gasteiger partial charge is 0.487 e. The number of likely N-dealkylation sites (N-methyl/N-ethyl adjacent to an activating group) is 1. The zero-order valence-electron chi connectivity index (χ0n) is 24.7. The first-order valence-corrected chi connectivity index (χ1v) is 14.0. The van der Waals surface area contributed by atoms with E-state index in [0.717, 1.165) is 24.3 Å². The number of anilines is 3. The smallest absolute Gasteiger partial charge is 0.416 e. The first-order chi connectivity index (χ1) is 21.2. The predicted octanol–water partition coefficient (Wildman–Crippen LogP) is 5.87. The number of nitrogens with zero attached hydrogens (tertiary/aromatic N) is 2. The molecule has 0 saturated heterocycles. The average Bonchev–Trinajstić information content (AvgIpc) is 2.99. The molecule has 0 aliphatic carbocycles. The van der Waals surface area contributed by atoms with Crippen LogP contribution in [-0.4, -0.2) is 71.8 Å². The molecule has 0 unspecified atom stereocenters. The summed E-state index contributed by atoms with van der Waals surface area (Å²) in [7, 11) is 1.57. The lowest BCUT2D eigenvalue weighted by molar-refractivity contribution is -0.137. The minimum atomic E-state index is -4.51. The number of fused-ring (bicyclic) bond motifs is 1. The van der Waals surface area contributed by atoms with E-state index in [0.29, 0.717) is 5.69 Å². The van der Waals surface area contributed by atoms with Gasteiger partial charge < -0.3 is 35.6 Å². The highest BCUT2D eigenvalue weighted by molar-refractivity contribution is 6.02. The van der Waals surface area contributed by atoms with Gasteiger partial charge in [-0.1, -0.05) is 6.92 Å². The lowest BCUT2D eigenvalue weighted by Crippen LogP contribution is -2.50. The fourth-order valence-corrected chi connectivity index (χ4v) is 4.66. The Bertz CT molecular complexity index is 1520. The maximum atomic E-state index is 13.7. The van der Waals surface area contributed by atoms with Crippen LogP contribution < -0.4 is 20.7 Å². The molecule has 0 aromatic heterocycles. The molecule has 1 heterocycles. The van der Waals surface area contributed by atoms with Gasteiger partial charge in [0.25, 0.3) is 5.91 Å². The topological polar surface area (TPSA) is 123 Å². The number of aliphatic hydroxyl groups is 1. The van der Waals surface area contributed by atoms with Crippen molar-refractivity contribution in [3.8, 4) is 5.75 Å². The first-order valence-electron chi connectivity index (χ1n) is 14.0. The fourth-order valence-electron chi connectivity index (χ4n) is 4.66. The molecule has 1 aliphatic heterocycles. The second-order valence-electron chi connectivity index (χ2n) is 10.8. The van der Waals surface area contributed by atoms with Crippen molar-refractivity contribution < 1.29 is 41.8 Å². The van der Waals surface area contributed by atoms with E-state index in [-0.39, 0.29) is 48.3 Å². The molecule has 240 valence electrons. The molecule has 14 heteroatoms. The zero-order chi connectivity index (χ0) is 32.9. The van der Waals surface area contributed by atoms with E-state index in [1.165, 1.54) is 52.3 Å². The number of alkyl halides is 3. The lowest BCUT2D eigenvalue weighted by atomic mass is 9.99. The molecule has 0 radical (unpaired) electrons. The normalized spacial score (nSPS) is 17.2.